The third-order valence-electron chi connectivity index (χ3n) is 4.41. The highest BCUT2D eigenvalue weighted by Crippen LogP contribution is 2.32. The van der Waals surface area contributed by atoms with Crippen LogP contribution in [0.1, 0.15) is 12.0 Å². The molecule has 0 spiro atoms. The van der Waals surface area contributed by atoms with Gasteiger partial charge < -0.3 is 20.5 Å². The molecule has 4 rings (SSSR count). The van der Waals surface area contributed by atoms with Gasteiger partial charge in [0.25, 0.3) is 5.91 Å². The molecule has 0 aromatic heterocycles. The summed E-state index contributed by atoms with van der Waals surface area (Å²) in [5.74, 6) is 0.482. The quantitative estimate of drug-likeness (QED) is 0.826. The minimum atomic E-state index is -0.682. The number of carbonyl (C=O) groups excluding carboxylic acids is 2. The van der Waals surface area contributed by atoms with Gasteiger partial charge in [-0.1, -0.05) is 24.3 Å². The SMILES string of the molecule is NC(=O)C1CC(C(=O)NCc2ccc3c(c2)OCO3)=NN1c1ccccc1. The van der Waals surface area contributed by atoms with Crippen LogP contribution in [0.2, 0.25) is 0 Å². The van der Waals surface area contributed by atoms with Gasteiger partial charge in [-0.15, -0.1) is 0 Å². The van der Waals surface area contributed by atoms with E-state index in [1.54, 1.807) is 6.07 Å². The van der Waals surface area contributed by atoms with Crippen molar-refractivity contribution in [1.29, 1.82) is 0 Å². The van der Waals surface area contributed by atoms with Gasteiger partial charge in [0.05, 0.1) is 5.69 Å². The van der Waals surface area contributed by atoms with E-state index in [1.165, 1.54) is 5.01 Å². The molecule has 138 valence electrons. The van der Waals surface area contributed by atoms with Crippen molar-refractivity contribution in [3.8, 4) is 11.5 Å². The first-order valence-electron chi connectivity index (χ1n) is 8.49. The molecule has 3 N–H and O–H groups in total. The van der Waals surface area contributed by atoms with E-state index in [0.29, 0.717) is 23.7 Å². The van der Waals surface area contributed by atoms with Crippen molar-refractivity contribution in [2.24, 2.45) is 10.8 Å². The van der Waals surface area contributed by atoms with Gasteiger partial charge in [0, 0.05) is 13.0 Å². The Labute approximate surface area is 155 Å². The lowest BCUT2D eigenvalue weighted by molar-refractivity contribution is -0.119. The normalized spacial score (nSPS) is 17.6. The van der Waals surface area contributed by atoms with E-state index in [-0.39, 0.29) is 24.8 Å². The van der Waals surface area contributed by atoms with Gasteiger partial charge in [0.2, 0.25) is 12.7 Å². The summed E-state index contributed by atoms with van der Waals surface area (Å²) in [5.41, 5.74) is 7.34. The van der Waals surface area contributed by atoms with Crippen LogP contribution in [0.3, 0.4) is 0 Å². The number of ether oxygens (including phenoxy) is 2. The fraction of sp³-hybridized carbons (Fsp3) is 0.211. The smallest absolute Gasteiger partial charge is 0.267 e. The van der Waals surface area contributed by atoms with Crippen LogP contribution in [0.25, 0.3) is 0 Å². The number of hydrazone groups is 1. The summed E-state index contributed by atoms with van der Waals surface area (Å²) >= 11 is 0. The van der Waals surface area contributed by atoms with E-state index in [2.05, 4.69) is 10.4 Å². The van der Waals surface area contributed by atoms with Crippen LogP contribution in [0.15, 0.2) is 53.6 Å². The maximum absolute atomic E-state index is 12.5. The van der Waals surface area contributed by atoms with Gasteiger partial charge in [-0.05, 0) is 29.8 Å². The lowest BCUT2D eigenvalue weighted by atomic mass is 10.1. The maximum atomic E-state index is 12.5. The van der Waals surface area contributed by atoms with Gasteiger partial charge in [0.15, 0.2) is 11.5 Å². The molecule has 2 amide bonds. The molecule has 1 atom stereocenters. The summed E-state index contributed by atoms with van der Waals surface area (Å²) in [6, 6.07) is 14.0. The van der Waals surface area contributed by atoms with Crippen molar-refractivity contribution >= 4 is 23.2 Å². The number of para-hydroxylation sites is 1. The highest BCUT2D eigenvalue weighted by molar-refractivity contribution is 6.40. The second-order valence-electron chi connectivity index (χ2n) is 6.22. The summed E-state index contributed by atoms with van der Waals surface area (Å²) < 4.78 is 10.6. The molecule has 0 bridgehead atoms. The zero-order valence-corrected chi connectivity index (χ0v) is 14.4. The summed E-state index contributed by atoms with van der Waals surface area (Å²) in [4.78, 5) is 24.3. The number of anilines is 1. The van der Waals surface area contributed by atoms with E-state index in [9.17, 15) is 9.59 Å². The van der Waals surface area contributed by atoms with E-state index in [0.717, 1.165) is 5.56 Å². The van der Waals surface area contributed by atoms with Gasteiger partial charge in [0.1, 0.15) is 11.8 Å². The second kappa shape index (κ2) is 6.99. The number of nitrogens with two attached hydrogens (primary N) is 1. The molecule has 0 radical (unpaired) electrons. The van der Waals surface area contributed by atoms with Gasteiger partial charge in [-0.3, -0.25) is 14.6 Å². The van der Waals surface area contributed by atoms with Crippen molar-refractivity contribution < 1.29 is 19.1 Å². The molecule has 8 heteroatoms. The van der Waals surface area contributed by atoms with Crippen molar-refractivity contribution in [2.75, 3.05) is 11.8 Å². The Morgan fingerprint density at radius 3 is 2.70 bits per heavy atom. The van der Waals surface area contributed by atoms with Crippen molar-refractivity contribution in [1.82, 2.24) is 5.32 Å². The lowest BCUT2D eigenvalue weighted by Crippen LogP contribution is -2.39. The Balaban J connectivity index is 1.46. The van der Waals surface area contributed by atoms with Crippen molar-refractivity contribution in [3.63, 3.8) is 0 Å². The fourth-order valence-electron chi connectivity index (χ4n) is 3.02. The number of nitrogens with zero attached hydrogens (tertiary/aromatic N) is 2. The molecule has 2 aromatic rings. The Hall–Kier alpha value is -3.55. The fourth-order valence-corrected chi connectivity index (χ4v) is 3.02. The Morgan fingerprint density at radius 1 is 1.15 bits per heavy atom. The largest absolute Gasteiger partial charge is 0.454 e. The molecule has 27 heavy (non-hydrogen) atoms. The predicted octanol–water partition coefficient (Wildman–Crippen LogP) is 1.15. The highest BCUT2D eigenvalue weighted by atomic mass is 16.7. The molecule has 0 aliphatic carbocycles. The first-order chi connectivity index (χ1) is 13.1. The molecule has 2 aliphatic heterocycles. The highest BCUT2D eigenvalue weighted by Gasteiger charge is 2.34. The number of primary amides is 1. The van der Waals surface area contributed by atoms with E-state index < -0.39 is 11.9 Å². The molecule has 2 aliphatic rings. The van der Waals surface area contributed by atoms with Crippen LogP contribution in [0.5, 0.6) is 11.5 Å². The van der Waals surface area contributed by atoms with Crippen molar-refractivity contribution in [3.05, 3.63) is 54.1 Å². The third kappa shape index (κ3) is 3.41. The standard InChI is InChI=1S/C19H18N4O4/c20-18(24)15-9-14(22-23(15)13-4-2-1-3-5-13)19(25)21-10-12-6-7-16-17(8-12)27-11-26-16/h1-8,15H,9-11H2,(H2,20,24)(H,21,25). The van der Waals surface area contributed by atoms with Crippen molar-refractivity contribution in [2.45, 2.75) is 19.0 Å². The summed E-state index contributed by atoms with van der Waals surface area (Å²) in [6.45, 7) is 0.507. The van der Waals surface area contributed by atoms with Gasteiger partial charge in [-0.2, -0.15) is 5.10 Å². The molecular formula is C19H18N4O4. The monoisotopic (exact) mass is 366 g/mol. The second-order valence-corrected chi connectivity index (χ2v) is 6.22. The van der Waals surface area contributed by atoms with Crippen LogP contribution < -0.4 is 25.5 Å². The number of fused-ring (bicyclic) bond motifs is 1. The van der Waals surface area contributed by atoms with Gasteiger partial charge in [-0.25, -0.2) is 0 Å². The number of amides is 2. The molecule has 2 heterocycles. The minimum Gasteiger partial charge on any atom is -0.454 e. The molecule has 8 nitrogen and oxygen atoms in total. The molecule has 0 saturated heterocycles. The van der Waals surface area contributed by atoms with E-state index >= 15 is 0 Å². The number of nitrogens with one attached hydrogen (secondary N) is 1. The predicted molar refractivity (Wildman–Crippen MR) is 98.4 cm³/mol. The average molecular weight is 366 g/mol. The van der Waals surface area contributed by atoms with E-state index in [1.807, 2.05) is 42.5 Å². The molecule has 1 unspecified atom stereocenters. The zero-order chi connectivity index (χ0) is 18.8. The first kappa shape index (κ1) is 16.9. The average Bonchev–Trinajstić information content (AvgIpc) is 3.33. The molecule has 0 fully saturated rings. The van der Waals surface area contributed by atoms with E-state index in [4.69, 9.17) is 15.2 Å². The number of benzene rings is 2. The summed E-state index contributed by atoms with van der Waals surface area (Å²) in [7, 11) is 0. The molecule has 2 aromatic carbocycles. The number of hydrogen-bond donors (Lipinski definition) is 2. The van der Waals surface area contributed by atoms with Crippen LogP contribution in [0, 0.1) is 0 Å². The lowest BCUT2D eigenvalue weighted by Gasteiger charge is -2.20. The summed E-state index contributed by atoms with van der Waals surface area (Å²) in [6.07, 6.45) is 0.164. The zero-order valence-electron chi connectivity index (χ0n) is 14.4. The Morgan fingerprint density at radius 2 is 1.93 bits per heavy atom. The third-order valence-corrected chi connectivity index (χ3v) is 4.41. The van der Waals surface area contributed by atoms with Gasteiger partial charge >= 0.3 is 0 Å². The maximum Gasteiger partial charge on any atom is 0.267 e. The molecule has 0 saturated carbocycles. The van der Waals surface area contributed by atoms with Crippen LogP contribution >= 0.6 is 0 Å². The number of hydrogen-bond acceptors (Lipinski definition) is 6. The van der Waals surface area contributed by atoms with Crippen LogP contribution in [-0.2, 0) is 16.1 Å². The van der Waals surface area contributed by atoms with Crippen LogP contribution in [0.4, 0.5) is 5.69 Å². The number of carbonyl (C=O) groups is 2. The topological polar surface area (TPSA) is 106 Å². The Bertz CT molecular complexity index is 913. The van der Waals surface area contributed by atoms with Crippen LogP contribution in [-0.4, -0.2) is 30.4 Å². The summed E-state index contributed by atoms with van der Waals surface area (Å²) in [5, 5.41) is 8.64. The Kier molecular flexibility index (Phi) is 4.37. The number of rotatable bonds is 5. The first-order valence-corrected chi connectivity index (χ1v) is 8.49. The molecular weight excluding hydrogens is 348 g/mol. The minimum absolute atomic E-state index is 0.164.